The molecule has 1 fully saturated rings. The van der Waals surface area contributed by atoms with Gasteiger partial charge < -0.3 is 0 Å². The van der Waals surface area contributed by atoms with Crippen molar-refractivity contribution in [3.05, 3.63) is 76.9 Å². The van der Waals surface area contributed by atoms with E-state index in [-0.39, 0.29) is 11.8 Å². The van der Waals surface area contributed by atoms with Gasteiger partial charge in [-0.1, -0.05) is 54.1 Å². The Morgan fingerprint density at radius 2 is 1.75 bits per heavy atom. The van der Waals surface area contributed by atoms with Crippen LogP contribution >= 0.6 is 11.6 Å². The van der Waals surface area contributed by atoms with E-state index >= 15 is 0 Å². The average Bonchev–Trinajstić information content (AvgIpc) is 3.48. The van der Waals surface area contributed by atoms with Crippen molar-refractivity contribution in [2.24, 2.45) is 5.92 Å². The maximum atomic E-state index is 12.7. The van der Waals surface area contributed by atoms with Crippen molar-refractivity contribution in [3.8, 4) is 11.3 Å². The molecule has 0 atom stereocenters. The molecular formula is C21H19ClN4O2. The standard InChI is InChI=1S/C21H19ClN4O2/c22-17-10-8-15(9-11-17)19-18(21(28)24-23-20(27)16-6-7-16)13-26(25-19)12-14-4-2-1-3-5-14/h1-5,8-11,13,16H,6-7,12H2,(H,23,27)(H,24,28). The molecule has 4 rings (SSSR count). The molecule has 7 heteroatoms. The fraction of sp³-hybridized carbons (Fsp3) is 0.190. The molecule has 1 aliphatic rings. The molecule has 3 aromatic rings. The topological polar surface area (TPSA) is 76.0 Å². The fourth-order valence-corrected chi connectivity index (χ4v) is 3.02. The Labute approximate surface area is 167 Å². The van der Waals surface area contributed by atoms with Crippen LogP contribution in [-0.4, -0.2) is 21.6 Å². The SMILES string of the molecule is O=C(NNC(=O)C1CC1)c1cn(Cc2ccccc2)nc1-c1ccc(Cl)cc1. The molecule has 2 aromatic carbocycles. The van der Waals surface area contributed by atoms with E-state index in [1.165, 1.54) is 0 Å². The van der Waals surface area contributed by atoms with Crippen LogP contribution in [0.3, 0.4) is 0 Å². The van der Waals surface area contributed by atoms with E-state index < -0.39 is 5.91 Å². The summed E-state index contributed by atoms with van der Waals surface area (Å²) in [5.41, 5.74) is 7.75. The summed E-state index contributed by atoms with van der Waals surface area (Å²) in [6, 6.07) is 17.0. The second kappa shape index (κ2) is 7.86. The van der Waals surface area contributed by atoms with E-state index in [1.807, 2.05) is 42.5 Å². The summed E-state index contributed by atoms with van der Waals surface area (Å²) in [5, 5.41) is 5.21. The van der Waals surface area contributed by atoms with E-state index in [1.54, 1.807) is 23.0 Å². The van der Waals surface area contributed by atoms with Crippen molar-refractivity contribution in [1.82, 2.24) is 20.6 Å². The smallest absolute Gasteiger partial charge is 0.273 e. The molecular weight excluding hydrogens is 376 g/mol. The Hall–Kier alpha value is -3.12. The van der Waals surface area contributed by atoms with Gasteiger partial charge in [0.1, 0.15) is 5.69 Å². The first kappa shape index (κ1) is 18.3. The monoisotopic (exact) mass is 394 g/mol. The van der Waals surface area contributed by atoms with Crippen molar-refractivity contribution in [3.63, 3.8) is 0 Å². The molecule has 1 heterocycles. The lowest BCUT2D eigenvalue weighted by molar-refractivity contribution is -0.123. The van der Waals surface area contributed by atoms with Crippen molar-refractivity contribution < 1.29 is 9.59 Å². The Balaban J connectivity index is 1.60. The minimum absolute atomic E-state index is 0.0110. The van der Waals surface area contributed by atoms with Crippen LogP contribution in [-0.2, 0) is 11.3 Å². The number of benzene rings is 2. The maximum Gasteiger partial charge on any atom is 0.273 e. The summed E-state index contributed by atoms with van der Waals surface area (Å²) in [7, 11) is 0. The predicted octanol–water partition coefficient (Wildman–Crippen LogP) is 3.42. The summed E-state index contributed by atoms with van der Waals surface area (Å²) < 4.78 is 1.72. The molecule has 1 saturated carbocycles. The van der Waals surface area contributed by atoms with Gasteiger partial charge >= 0.3 is 0 Å². The second-order valence-electron chi connectivity index (χ2n) is 6.80. The van der Waals surface area contributed by atoms with Gasteiger partial charge in [0.25, 0.3) is 5.91 Å². The van der Waals surface area contributed by atoms with Gasteiger partial charge in [0.05, 0.1) is 12.1 Å². The van der Waals surface area contributed by atoms with Gasteiger partial charge in [0.15, 0.2) is 0 Å². The highest BCUT2D eigenvalue weighted by atomic mass is 35.5. The highest BCUT2D eigenvalue weighted by Gasteiger charge is 2.30. The molecule has 0 radical (unpaired) electrons. The molecule has 2 amide bonds. The second-order valence-corrected chi connectivity index (χ2v) is 7.24. The number of rotatable bonds is 5. The minimum Gasteiger partial charge on any atom is -0.273 e. The van der Waals surface area contributed by atoms with Crippen LogP contribution in [0.4, 0.5) is 0 Å². The number of hydrogen-bond donors (Lipinski definition) is 2. The Bertz CT molecular complexity index is 995. The van der Waals surface area contributed by atoms with E-state index in [2.05, 4.69) is 16.0 Å². The molecule has 28 heavy (non-hydrogen) atoms. The number of nitrogens with one attached hydrogen (secondary N) is 2. The molecule has 0 aliphatic heterocycles. The Morgan fingerprint density at radius 3 is 2.43 bits per heavy atom. The van der Waals surface area contributed by atoms with Crippen molar-refractivity contribution in [2.45, 2.75) is 19.4 Å². The molecule has 6 nitrogen and oxygen atoms in total. The largest absolute Gasteiger partial charge is 0.273 e. The molecule has 142 valence electrons. The van der Waals surface area contributed by atoms with Crippen LogP contribution in [0, 0.1) is 5.92 Å². The van der Waals surface area contributed by atoms with Crippen LogP contribution in [0.1, 0.15) is 28.8 Å². The number of amides is 2. The van der Waals surface area contributed by atoms with Gasteiger partial charge in [0, 0.05) is 22.7 Å². The van der Waals surface area contributed by atoms with E-state index in [0.29, 0.717) is 22.8 Å². The molecule has 1 aromatic heterocycles. The number of carbonyl (C=O) groups excluding carboxylic acids is 2. The zero-order chi connectivity index (χ0) is 19.5. The van der Waals surface area contributed by atoms with Gasteiger partial charge in [0.2, 0.25) is 5.91 Å². The van der Waals surface area contributed by atoms with Crippen LogP contribution in [0.5, 0.6) is 0 Å². The maximum absolute atomic E-state index is 12.7. The average molecular weight is 395 g/mol. The summed E-state index contributed by atoms with van der Waals surface area (Å²) in [4.78, 5) is 24.5. The fourth-order valence-electron chi connectivity index (χ4n) is 2.89. The van der Waals surface area contributed by atoms with Crippen molar-refractivity contribution in [1.29, 1.82) is 0 Å². The van der Waals surface area contributed by atoms with Crippen LogP contribution in [0.15, 0.2) is 60.8 Å². The van der Waals surface area contributed by atoms with Crippen LogP contribution in [0.25, 0.3) is 11.3 Å². The zero-order valence-electron chi connectivity index (χ0n) is 15.1. The number of nitrogens with zero attached hydrogens (tertiary/aromatic N) is 2. The first-order valence-electron chi connectivity index (χ1n) is 9.07. The minimum atomic E-state index is -0.404. The molecule has 1 aliphatic carbocycles. The van der Waals surface area contributed by atoms with E-state index in [9.17, 15) is 9.59 Å². The number of halogens is 1. The predicted molar refractivity (Wildman–Crippen MR) is 107 cm³/mol. The third-order valence-electron chi connectivity index (χ3n) is 4.56. The van der Waals surface area contributed by atoms with Gasteiger partial charge in [-0.25, -0.2) is 0 Å². The lowest BCUT2D eigenvalue weighted by atomic mass is 10.1. The van der Waals surface area contributed by atoms with Crippen molar-refractivity contribution >= 4 is 23.4 Å². The van der Waals surface area contributed by atoms with Gasteiger partial charge in [-0.05, 0) is 30.5 Å². The summed E-state index contributed by atoms with van der Waals surface area (Å²) in [6.45, 7) is 0.531. The van der Waals surface area contributed by atoms with Crippen molar-refractivity contribution in [2.75, 3.05) is 0 Å². The van der Waals surface area contributed by atoms with Gasteiger partial charge in [-0.2, -0.15) is 5.10 Å². The van der Waals surface area contributed by atoms with E-state index in [4.69, 9.17) is 11.6 Å². The Kier molecular flexibility index (Phi) is 5.12. The van der Waals surface area contributed by atoms with Gasteiger partial charge in [-0.3, -0.25) is 25.1 Å². The molecule has 0 unspecified atom stereocenters. The lowest BCUT2D eigenvalue weighted by Gasteiger charge is -2.06. The molecule has 0 saturated heterocycles. The third-order valence-corrected chi connectivity index (χ3v) is 4.81. The summed E-state index contributed by atoms with van der Waals surface area (Å²) >= 11 is 5.98. The lowest BCUT2D eigenvalue weighted by Crippen LogP contribution is -2.42. The molecule has 0 spiro atoms. The van der Waals surface area contributed by atoms with Gasteiger partial charge in [-0.15, -0.1) is 0 Å². The highest BCUT2D eigenvalue weighted by Crippen LogP contribution is 2.28. The number of hydrazine groups is 1. The number of hydrogen-bond acceptors (Lipinski definition) is 3. The molecule has 0 bridgehead atoms. The summed E-state index contributed by atoms with van der Waals surface area (Å²) in [5.74, 6) is -0.548. The highest BCUT2D eigenvalue weighted by molar-refractivity contribution is 6.30. The number of carbonyl (C=O) groups is 2. The van der Waals surface area contributed by atoms with E-state index in [0.717, 1.165) is 24.0 Å². The first-order valence-corrected chi connectivity index (χ1v) is 9.45. The summed E-state index contributed by atoms with van der Waals surface area (Å²) in [6.07, 6.45) is 3.43. The first-order chi connectivity index (χ1) is 13.6. The normalized spacial score (nSPS) is 13.2. The van der Waals surface area contributed by atoms with Crippen LogP contribution < -0.4 is 10.9 Å². The quantitative estimate of drug-likeness (QED) is 0.651. The Morgan fingerprint density at radius 1 is 1.04 bits per heavy atom. The van der Waals surface area contributed by atoms with Crippen LogP contribution in [0.2, 0.25) is 5.02 Å². The third kappa shape index (κ3) is 4.23. The molecule has 2 N–H and O–H groups in total. The number of aromatic nitrogens is 2. The zero-order valence-corrected chi connectivity index (χ0v) is 15.8.